The van der Waals surface area contributed by atoms with E-state index in [9.17, 15) is 0 Å². The molecule has 0 saturated heterocycles. The Morgan fingerprint density at radius 3 is 3.40 bits per heavy atom. The molecule has 0 unspecified atom stereocenters. The zero-order valence-corrected chi connectivity index (χ0v) is 6.41. The van der Waals surface area contributed by atoms with Crippen LogP contribution in [0.5, 0.6) is 0 Å². The van der Waals surface area contributed by atoms with Crippen LogP contribution in [0.3, 0.4) is 0 Å². The maximum absolute atomic E-state index is 7.94. The van der Waals surface area contributed by atoms with E-state index in [0.29, 0.717) is 0 Å². The second-order valence-corrected chi connectivity index (χ2v) is 2.52. The van der Waals surface area contributed by atoms with Crippen molar-refractivity contribution >= 4 is 15.9 Å². The van der Waals surface area contributed by atoms with Crippen LogP contribution >= 0.6 is 15.9 Å². The first-order valence-electron chi connectivity index (χ1n) is 6.64. The van der Waals surface area contributed by atoms with Gasteiger partial charge < -0.3 is 0 Å². The summed E-state index contributed by atoms with van der Waals surface area (Å²) in [7, 11) is 0. The smallest absolute Gasteiger partial charge is 0.106 e. The molecule has 0 amide bonds. The van der Waals surface area contributed by atoms with Crippen molar-refractivity contribution in [2.45, 2.75) is 18.6 Å². The zero-order valence-electron chi connectivity index (χ0n) is 12.8. The Bertz CT molecular complexity index is 502. The molecule has 2 rings (SSSR count). The van der Waals surface area contributed by atoms with Crippen LogP contribution in [0, 0.1) is 0 Å². The highest BCUT2D eigenvalue weighted by Crippen LogP contribution is 2.40. The predicted octanol–water partition coefficient (Wildman–Crippen LogP) is 2.72. The van der Waals surface area contributed by atoms with E-state index >= 15 is 0 Å². The number of nitrogens with zero attached hydrogens (tertiary/aromatic N) is 1. The van der Waals surface area contributed by atoms with Gasteiger partial charge in [-0.3, -0.25) is 0 Å². The van der Waals surface area contributed by atoms with Gasteiger partial charge in [0, 0.05) is 13.0 Å². The van der Waals surface area contributed by atoms with E-state index in [1.54, 1.807) is 0 Å². The predicted molar refractivity (Wildman–Crippen MR) is 43.9 cm³/mol. The highest BCUT2D eigenvalue weighted by Gasteiger charge is 2.23. The fourth-order valence-electron chi connectivity index (χ4n) is 0.577. The zero-order chi connectivity index (χ0) is 14.1. The van der Waals surface area contributed by atoms with Crippen LogP contribution < -0.4 is 0 Å². The summed E-state index contributed by atoms with van der Waals surface area (Å²) in [5.41, 5.74) is -0.440. The molecule has 1 saturated carbocycles. The summed E-state index contributed by atoms with van der Waals surface area (Å²) >= 11 is 2.90. The van der Waals surface area contributed by atoms with Crippen molar-refractivity contribution in [3.05, 3.63) is 28.4 Å². The first-order valence-corrected chi connectivity index (χ1v) is 3.43. The van der Waals surface area contributed by atoms with Gasteiger partial charge in [0.2, 0.25) is 0 Å². The molecule has 1 aromatic rings. The van der Waals surface area contributed by atoms with Gasteiger partial charge in [0.25, 0.3) is 0 Å². The van der Waals surface area contributed by atoms with Crippen molar-refractivity contribution < 1.29 is 11.0 Å². The topological polar surface area (TPSA) is 12.9 Å². The minimum Gasteiger partial charge on any atom is -0.249 e. The van der Waals surface area contributed by atoms with Crippen molar-refractivity contribution in [2.75, 3.05) is 0 Å². The molecule has 0 aromatic carbocycles. The molecule has 1 nitrogen and oxygen atoms in total. The van der Waals surface area contributed by atoms with Gasteiger partial charge in [-0.2, -0.15) is 0 Å². The van der Waals surface area contributed by atoms with Crippen molar-refractivity contribution in [2.24, 2.45) is 0 Å². The quantitative estimate of drug-likeness (QED) is 0.644. The summed E-state index contributed by atoms with van der Waals surface area (Å²) in [6.45, 7) is 0. The molecular formula is C8H8BrN. The van der Waals surface area contributed by atoms with Crippen LogP contribution in [-0.4, -0.2) is 4.98 Å². The van der Waals surface area contributed by atoms with Gasteiger partial charge in [-0.1, -0.05) is 0 Å². The number of rotatable bonds is 1. The summed E-state index contributed by atoms with van der Waals surface area (Å²) in [6.07, 6.45) is -5.52. The minimum absolute atomic E-state index is 0.0939. The second kappa shape index (κ2) is 2.35. The maximum Gasteiger partial charge on any atom is 0.106 e. The summed E-state index contributed by atoms with van der Waals surface area (Å²) in [5, 5.41) is 0. The average molecular weight is 206 g/mol. The van der Waals surface area contributed by atoms with Gasteiger partial charge in [0.1, 0.15) is 4.60 Å². The standard InChI is InChI=1S/C8H8BrN/c9-8-5-7(3-4-10-8)6-1-2-6/h3-6H,1-2H2/i1D2,2D2,3D,4D,5D,6D. The Kier molecular flexibility index (Phi) is 0.485. The van der Waals surface area contributed by atoms with Gasteiger partial charge in [-0.05, 0) is 52.2 Å². The third-order valence-corrected chi connectivity index (χ3v) is 1.44. The summed E-state index contributed by atoms with van der Waals surface area (Å²) in [4.78, 5) is 3.55. The fourth-order valence-corrected chi connectivity index (χ4v) is 0.863. The Morgan fingerprint density at radius 2 is 2.70 bits per heavy atom. The van der Waals surface area contributed by atoms with E-state index in [2.05, 4.69) is 20.9 Å². The molecule has 0 spiro atoms. The highest BCUT2D eigenvalue weighted by molar-refractivity contribution is 9.10. The molecule has 1 aliphatic rings. The number of hydrogen-bond acceptors (Lipinski definition) is 1. The van der Waals surface area contributed by atoms with E-state index in [0.717, 1.165) is 0 Å². The lowest BCUT2D eigenvalue weighted by atomic mass is 10.2. The molecule has 0 N–H and O–H groups in total. The van der Waals surface area contributed by atoms with Crippen LogP contribution in [0.15, 0.2) is 22.9 Å². The Hall–Kier alpha value is -0.370. The molecule has 1 aromatic heterocycles. The van der Waals surface area contributed by atoms with Crippen LogP contribution in [0.4, 0.5) is 0 Å². The largest absolute Gasteiger partial charge is 0.249 e. The van der Waals surface area contributed by atoms with Crippen molar-refractivity contribution in [3.63, 3.8) is 0 Å². The van der Waals surface area contributed by atoms with Crippen molar-refractivity contribution in [3.8, 4) is 0 Å². The Balaban J connectivity index is 2.76. The lowest BCUT2D eigenvalue weighted by molar-refractivity contribution is 1.10. The summed E-state index contributed by atoms with van der Waals surface area (Å²) in [6, 6.07) is -1.00. The highest BCUT2D eigenvalue weighted by atomic mass is 79.9. The van der Waals surface area contributed by atoms with Gasteiger partial charge in [-0.15, -0.1) is 0 Å². The molecule has 1 aliphatic carbocycles. The number of hydrogen-bond donors (Lipinski definition) is 0. The molecule has 0 bridgehead atoms. The van der Waals surface area contributed by atoms with E-state index in [-0.39, 0.29) is 4.60 Å². The van der Waals surface area contributed by atoms with E-state index < -0.39 is 42.5 Å². The molecule has 1 heterocycles. The molecule has 10 heavy (non-hydrogen) atoms. The number of pyridine rings is 1. The van der Waals surface area contributed by atoms with Crippen molar-refractivity contribution in [1.82, 2.24) is 4.98 Å². The van der Waals surface area contributed by atoms with Gasteiger partial charge >= 0.3 is 0 Å². The number of halogens is 1. The van der Waals surface area contributed by atoms with Crippen LogP contribution in [0.25, 0.3) is 0 Å². The minimum atomic E-state index is -2.50. The third kappa shape index (κ3) is 1.21. The van der Waals surface area contributed by atoms with E-state index in [4.69, 9.17) is 11.0 Å². The van der Waals surface area contributed by atoms with Gasteiger partial charge in [-0.25, -0.2) is 4.98 Å². The molecular weight excluding hydrogens is 190 g/mol. The van der Waals surface area contributed by atoms with Gasteiger partial charge in [0.15, 0.2) is 0 Å². The Labute approximate surface area is 79.8 Å². The van der Waals surface area contributed by atoms with Gasteiger partial charge in [0.05, 0.1) is 4.11 Å². The summed E-state index contributed by atoms with van der Waals surface area (Å²) < 4.78 is 60.7. The molecule has 0 aliphatic heterocycles. The molecule has 52 valence electrons. The first-order chi connectivity index (χ1) is 8.00. The monoisotopic (exact) mass is 205 g/mol. The molecule has 0 radical (unpaired) electrons. The van der Waals surface area contributed by atoms with Crippen LogP contribution in [0.2, 0.25) is 0 Å². The molecule has 2 heteroatoms. The molecule has 0 atom stereocenters. The lowest BCUT2D eigenvalue weighted by Crippen LogP contribution is -1.80. The number of aromatic nitrogens is 1. The van der Waals surface area contributed by atoms with E-state index in [1.807, 2.05) is 0 Å². The summed E-state index contributed by atoms with van der Waals surface area (Å²) in [5.74, 6) is -2.35. The average Bonchev–Trinajstić information content (AvgIpc) is 2.55. The SMILES string of the molecule is [2H]c1nc(Br)c([2H])c(C2([2H])C([2H])([2H])C2([2H])[2H])c1[2H]. The van der Waals surface area contributed by atoms with Crippen molar-refractivity contribution in [1.29, 1.82) is 0 Å². The normalized spacial score (nSPS) is 42.1. The van der Waals surface area contributed by atoms with Crippen LogP contribution in [-0.2, 0) is 0 Å². The first kappa shape index (κ1) is 2.07. The second-order valence-electron chi connectivity index (χ2n) is 1.76. The fraction of sp³-hybridized carbons (Fsp3) is 0.375. The molecule has 1 fully saturated rings. The maximum atomic E-state index is 7.94. The lowest BCUT2D eigenvalue weighted by Gasteiger charge is -1.95. The Morgan fingerprint density at radius 1 is 1.90 bits per heavy atom. The van der Waals surface area contributed by atoms with E-state index in [1.165, 1.54) is 0 Å². The van der Waals surface area contributed by atoms with Crippen LogP contribution in [0.1, 0.15) is 35.2 Å². The third-order valence-electron chi connectivity index (χ3n) is 1.06.